The Balaban J connectivity index is 1.99. The molecule has 26 heavy (non-hydrogen) atoms. The van der Waals surface area contributed by atoms with Crippen LogP contribution < -0.4 is 0 Å². The van der Waals surface area contributed by atoms with Crippen LogP contribution in [-0.4, -0.2) is 51.2 Å². The molecule has 0 aromatic carbocycles. The number of aromatic nitrogens is 3. The Morgan fingerprint density at radius 1 is 1.23 bits per heavy atom. The second-order valence-electron chi connectivity index (χ2n) is 5.70. The second kappa shape index (κ2) is 8.75. The van der Waals surface area contributed by atoms with Gasteiger partial charge >= 0.3 is 5.97 Å². The number of ether oxygens (including phenoxy) is 1. The molecule has 0 saturated heterocycles. The van der Waals surface area contributed by atoms with Gasteiger partial charge in [-0.05, 0) is 32.0 Å². The Morgan fingerprint density at radius 3 is 2.42 bits per heavy atom. The zero-order valence-electron chi connectivity index (χ0n) is 15.0. The highest BCUT2D eigenvalue weighted by atomic mass is 16.5. The van der Waals surface area contributed by atoms with Crippen molar-refractivity contribution < 1.29 is 14.3 Å². The van der Waals surface area contributed by atoms with Gasteiger partial charge in [0.25, 0.3) is 5.91 Å². The number of hydrogen-bond acceptors (Lipinski definition) is 5. The first-order valence-corrected chi connectivity index (χ1v) is 8.12. The van der Waals surface area contributed by atoms with E-state index in [-0.39, 0.29) is 18.1 Å². The van der Waals surface area contributed by atoms with E-state index < -0.39 is 5.97 Å². The van der Waals surface area contributed by atoms with Gasteiger partial charge in [0.2, 0.25) is 0 Å². The maximum Gasteiger partial charge on any atom is 0.340 e. The zero-order valence-corrected chi connectivity index (χ0v) is 15.0. The van der Waals surface area contributed by atoms with E-state index >= 15 is 0 Å². The number of hydrogen-bond donors (Lipinski definition) is 0. The highest BCUT2D eigenvalue weighted by Crippen LogP contribution is 2.11. The molecule has 0 saturated carbocycles. The summed E-state index contributed by atoms with van der Waals surface area (Å²) in [7, 11) is 0. The average Bonchev–Trinajstić information content (AvgIpc) is 2.97. The van der Waals surface area contributed by atoms with Crippen molar-refractivity contribution in [3.63, 3.8) is 0 Å². The largest absolute Gasteiger partial charge is 0.452 e. The Bertz CT molecular complexity index is 799. The molecule has 0 fully saturated rings. The van der Waals surface area contributed by atoms with Crippen molar-refractivity contribution >= 4 is 11.9 Å². The summed E-state index contributed by atoms with van der Waals surface area (Å²) in [5.41, 5.74) is 2.09. The fraction of sp³-hybridized carbons (Fsp3) is 0.263. The number of nitrogens with zero attached hydrogens (tertiary/aromatic N) is 4. The van der Waals surface area contributed by atoms with Crippen molar-refractivity contribution in [2.45, 2.75) is 13.8 Å². The van der Waals surface area contributed by atoms with Gasteiger partial charge in [0.05, 0.1) is 11.3 Å². The molecule has 0 unspecified atom stereocenters. The van der Waals surface area contributed by atoms with Crippen molar-refractivity contribution in [2.75, 3.05) is 19.7 Å². The van der Waals surface area contributed by atoms with Gasteiger partial charge in [-0.25, -0.2) is 14.5 Å². The lowest BCUT2D eigenvalue weighted by molar-refractivity contribution is -0.133. The molecule has 2 aromatic heterocycles. The highest BCUT2D eigenvalue weighted by molar-refractivity contribution is 5.91. The van der Waals surface area contributed by atoms with Gasteiger partial charge in [-0.3, -0.25) is 4.79 Å². The van der Waals surface area contributed by atoms with Crippen molar-refractivity contribution in [1.29, 1.82) is 0 Å². The number of amides is 1. The van der Waals surface area contributed by atoms with Crippen LogP contribution in [0.4, 0.5) is 0 Å². The zero-order chi connectivity index (χ0) is 19.1. The third-order valence-corrected chi connectivity index (χ3v) is 3.59. The summed E-state index contributed by atoms with van der Waals surface area (Å²) in [6.07, 6.45) is 4.61. The Labute approximate surface area is 152 Å². The molecule has 0 N–H and O–H groups in total. The molecule has 0 bridgehead atoms. The molecule has 0 atom stereocenters. The van der Waals surface area contributed by atoms with E-state index in [0.717, 1.165) is 11.4 Å². The first kappa shape index (κ1) is 19.1. The van der Waals surface area contributed by atoms with Crippen LogP contribution in [0.5, 0.6) is 0 Å². The number of esters is 1. The monoisotopic (exact) mass is 354 g/mol. The molecule has 7 nitrogen and oxygen atoms in total. The van der Waals surface area contributed by atoms with Crippen molar-refractivity contribution in [1.82, 2.24) is 19.7 Å². The Hall–Kier alpha value is -3.22. The fourth-order valence-corrected chi connectivity index (χ4v) is 2.38. The Kier molecular flexibility index (Phi) is 6.43. The first-order chi connectivity index (χ1) is 12.5. The van der Waals surface area contributed by atoms with E-state index in [0.29, 0.717) is 18.9 Å². The van der Waals surface area contributed by atoms with Gasteiger partial charge < -0.3 is 9.64 Å². The van der Waals surface area contributed by atoms with Crippen molar-refractivity contribution in [3.05, 3.63) is 66.7 Å². The topological polar surface area (TPSA) is 77.3 Å². The van der Waals surface area contributed by atoms with Crippen LogP contribution in [-0.2, 0) is 9.53 Å². The molecular formula is C19H22N4O3. The molecule has 2 heterocycles. The number of pyridine rings is 1. The normalized spacial score (nSPS) is 10.2. The molecule has 0 aliphatic heterocycles. The molecular weight excluding hydrogens is 332 g/mol. The van der Waals surface area contributed by atoms with E-state index in [4.69, 9.17) is 4.74 Å². The maximum absolute atomic E-state index is 12.1. The number of carbonyl (C=O) groups is 2. The molecule has 0 aliphatic rings. The SMILES string of the molecule is C=CCN(CC=C)C(=O)COC(=O)c1ccc(-n2nc(C)cc2C)nc1. The van der Waals surface area contributed by atoms with Crippen LogP contribution in [0.3, 0.4) is 0 Å². The minimum atomic E-state index is -0.608. The van der Waals surface area contributed by atoms with Crippen LogP contribution in [0.25, 0.3) is 5.82 Å². The van der Waals surface area contributed by atoms with Crippen LogP contribution in [0.2, 0.25) is 0 Å². The second-order valence-corrected chi connectivity index (χ2v) is 5.70. The summed E-state index contributed by atoms with van der Waals surface area (Å²) in [5.74, 6) is -0.320. The molecule has 1 amide bonds. The van der Waals surface area contributed by atoms with E-state index in [1.54, 1.807) is 29.0 Å². The standard InChI is InChI=1S/C19H22N4O3/c1-5-9-22(10-6-2)18(24)13-26-19(25)16-7-8-17(20-12-16)23-15(4)11-14(3)21-23/h5-8,11-12H,1-2,9-10,13H2,3-4H3. The van der Waals surface area contributed by atoms with Gasteiger partial charge in [-0.2, -0.15) is 5.10 Å². The van der Waals surface area contributed by atoms with Gasteiger partial charge in [0, 0.05) is 25.0 Å². The lowest BCUT2D eigenvalue weighted by Crippen LogP contribution is -2.35. The average molecular weight is 354 g/mol. The van der Waals surface area contributed by atoms with Gasteiger partial charge in [0.15, 0.2) is 12.4 Å². The summed E-state index contributed by atoms with van der Waals surface area (Å²) in [5, 5.41) is 4.34. The third kappa shape index (κ3) is 4.66. The molecule has 0 spiro atoms. The summed E-state index contributed by atoms with van der Waals surface area (Å²) >= 11 is 0. The molecule has 136 valence electrons. The smallest absolute Gasteiger partial charge is 0.340 e. The molecule has 2 rings (SSSR count). The highest BCUT2D eigenvalue weighted by Gasteiger charge is 2.15. The lowest BCUT2D eigenvalue weighted by atomic mass is 10.3. The summed E-state index contributed by atoms with van der Waals surface area (Å²) in [6, 6.07) is 5.21. The fourth-order valence-electron chi connectivity index (χ4n) is 2.38. The minimum Gasteiger partial charge on any atom is -0.452 e. The van der Waals surface area contributed by atoms with Crippen LogP contribution in [0, 0.1) is 13.8 Å². The summed E-state index contributed by atoms with van der Waals surface area (Å²) in [4.78, 5) is 29.9. The molecule has 0 radical (unpaired) electrons. The minimum absolute atomic E-state index is 0.266. The number of aryl methyl sites for hydroxylation is 2. The predicted molar refractivity (Wildman–Crippen MR) is 98.1 cm³/mol. The summed E-state index contributed by atoms with van der Waals surface area (Å²) in [6.45, 7) is 11.4. The number of carbonyl (C=O) groups excluding carboxylic acids is 2. The van der Waals surface area contributed by atoms with Crippen LogP contribution >= 0.6 is 0 Å². The van der Waals surface area contributed by atoms with E-state index in [1.165, 1.54) is 11.1 Å². The first-order valence-electron chi connectivity index (χ1n) is 8.12. The molecule has 0 aliphatic carbocycles. The number of rotatable bonds is 8. The van der Waals surface area contributed by atoms with Crippen LogP contribution in [0.1, 0.15) is 21.7 Å². The third-order valence-electron chi connectivity index (χ3n) is 3.59. The van der Waals surface area contributed by atoms with Gasteiger partial charge in [-0.15, -0.1) is 13.2 Å². The van der Waals surface area contributed by atoms with E-state index in [9.17, 15) is 9.59 Å². The maximum atomic E-state index is 12.1. The van der Waals surface area contributed by atoms with Gasteiger partial charge in [-0.1, -0.05) is 12.2 Å². The molecule has 7 heteroatoms. The van der Waals surface area contributed by atoms with E-state index in [2.05, 4.69) is 23.2 Å². The van der Waals surface area contributed by atoms with E-state index in [1.807, 2.05) is 19.9 Å². The van der Waals surface area contributed by atoms with Crippen molar-refractivity contribution in [3.8, 4) is 5.82 Å². The van der Waals surface area contributed by atoms with Crippen LogP contribution in [0.15, 0.2) is 49.7 Å². The predicted octanol–water partition coefficient (Wildman–Crippen LogP) is 2.24. The van der Waals surface area contributed by atoms with Crippen molar-refractivity contribution in [2.24, 2.45) is 0 Å². The lowest BCUT2D eigenvalue weighted by Gasteiger charge is -2.18. The Morgan fingerprint density at radius 2 is 1.92 bits per heavy atom. The quantitative estimate of drug-likeness (QED) is 0.537. The van der Waals surface area contributed by atoms with Gasteiger partial charge in [0.1, 0.15) is 0 Å². The molecule has 2 aromatic rings. The summed E-state index contributed by atoms with van der Waals surface area (Å²) < 4.78 is 6.77.